The Morgan fingerprint density at radius 3 is 2.53 bits per heavy atom. The monoisotopic (exact) mass is 437 g/mol. The van der Waals surface area contributed by atoms with E-state index in [0.717, 1.165) is 81.7 Å². The van der Waals surface area contributed by atoms with Crippen LogP contribution in [0.1, 0.15) is 30.9 Å². The molecule has 32 heavy (non-hydrogen) atoms. The molecular weight excluding hydrogens is 406 g/mol. The summed E-state index contributed by atoms with van der Waals surface area (Å²) in [5.74, 6) is 2.29. The van der Waals surface area contributed by atoms with Gasteiger partial charge in [-0.05, 0) is 31.0 Å². The zero-order valence-corrected chi connectivity index (χ0v) is 18.8. The minimum absolute atomic E-state index is 0.573. The van der Waals surface area contributed by atoms with E-state index < -0.39 is 0 Å². The topological polar surface area (TPSA) is 95.8 Å². The number of guanidine groups is 1. The van der Waals surface area contributed by atoms with Crippen molar-refractivity contribution in [3.63, 3.8) is 0 Å². The van der Waals surface area contributed by atoms with Gasteiger partial charge in [0.15, 0.2) is 11.8 Å². The van der Waals surface area contributed by atoms with E-state index in [-0.39, 0.29) is 0 Å². The van der Waals surface area contributed by atoms with Crippen LogP contribution in [0.25, 0.3) is 11.5 Å². The van der Waals surface area contributed by atoms with E-state index in [9.17, 15) is 0 Å². The van der Waals surface area contributed by atoms with Gasteiger partial charge in [-0.3, -0.25) is 9.89 Å². The number of benzene rings is 1. The Kier molecular flexibility index (Phi) is 7.50. The first kappa shape index (κ1) is 22.0. The molecule has 0 bridgehead atoms. The molecular formula is C23H31N7O2. The molecule has 0 spiro atoms. The molecule has 0 unspecified atom stereocenters. The lowest BCUT2D eigenvalue weighted by molar-refractivity contribution is 0.169. The fraction of sp³-hybridized carbons (Fsp3) is 0.478. The second-order valence-electron chi connectivity index (χ2n) is 7.81. The summed E-state index contributed by atoms with van der Waals surface area (Å²) in [7, 11) is 0. The molecule has 0 saturated carbocycles. The molecule has 9 nitrogen and oxygen atoms in total. The van der Waals surface area contributed by atoms with Gasteiger partial charge in [-0.1, -0.05) is 29.4 Å². The van der Waals surface area contributed by atoms with E-state index in [1.807, 2.05) is 25.1 Å². The minimum Gasteiger partial charge on any atom is -0.364 e. The molecule has 1 aliphatic rings. The highest BCUT2D eigenvalue weighted by atomic mass is 16.5. The third kappa shape index (κ3) is 5.73. The summed E-state index contributed by atoms with van der Waals surface area (Å²) in [6, 6.07) is 10.2. The molecule has 3 aromatic rings. The average Bonchev–Trinajstić information content (AvgIpc) is 3.52. The number of hydrogen-bond donors (Lipinski definition) is 1. The quantitative estimate of drug-likeness (QED) is 0.424. The number of rotatable bonds is 8. The van der Waals surface area contributed by atoms with Crippen molar-refractivity contribution >= 4 is 5.96 Å². The highest BCUT2D eigenvalue weighted by molar-refractivity contribution is 5.80. The number of aliphatic imine (C=N–C) groups is 1. The molecule has 1 aliphatic heterocycles. The Balaban J connectivity index is 1.28. The first-order valence-corrected chi connectivity index (χ1v) is 11.3. The number of aromatic nitrogens is 3. The maximum absolute atomic E-state index is 5.32. The van der Waals surface area contributed by atoms with Gasteiger partial charge >= 0.3 is 0 Å². The lowest BCUT2D eigenvalue weighted by Crippen LogP contribution is -2.52. The first-order valence-electron chi connectivity index (χ1n) is 11.3. The highest BCUT2D eigenvalue weighted by Gasteiger charge is 2.20. The molecule has 4 rings (SSSR count). The molecule has 0 radical (unpaired) electrons. The van der Waals surface area contributed by atoms with E-state index in [4.69, 9.17) is 14.0 Å². The Morgan fingerprint density at radius 2 is 1.88 bits per heavy atom. The first-order chi connectivity index (χ1) is 15.7. The smallest absolute Gasteiger partial charge is 0.257 e. The van der Waals surface area contributed by atoms with Crippen LogP contribution >= 0.6 is 0 Å². The summed E-state index contributed by atoms with van der Waals surface area (Å²) in [6.07, 6.45) is 3.28. The predicted octanol–water partition coefficient (Wildman–Crippen LogP) is 2.61. The van der Waals surface area contributed by atoms with E-state index in [1.54, 1.807) is 6.26 Å². The average molecular weight is 438 g/mol. The van der Waals surface area contributed by atoms with Crippen molar-refractivity contribution in [2.24, 2.45) is 4.99 Å². The number of nitrogens with zero attached hydrogens (tertiary/aromatic N) is 6. The third-order valence-electron chi connectivity index (χ3n) is 5.53. The summed E-state index contributed by atoms with van der Waals surface area (Å²) in [4.78, 5) is 14.0. The Morgan fingerprint density at radius 1 is 1.06 bits per heavy atom. The van der Waals surface area contributed by atoms with Crippen LogP contribution in [0.5, 0.6) is 0 Å². The molecule has 1 aromatic carbocycles. The third-order valence-corrected chi connectivity index (χ3v) is 5.53. The van der Waals surface area contributed by atoms with Gasteiger partial charge in [0.1, 0.15) is 6.26 Å². The Labute approximate surface area is 188 Å². The van der Waals surface area contributed by atoms with Crippen LogP contribution in [0, 0.1) is 0 Å². The lowest BCUT2D eigenvalue weighted by atomic mass is 10.1. The van der Waals surface area contributed by atoms with Crippen LogP contribution in [-0.4, -0.2) is 70.3 Å². The fourth-order valence-corrected chi connectivity index (χ4v) is 3.71. The molecule has 1 fully saturated rings. The molecule has 0 amide bonds. The van der Waals surface area contributed by atoms with Crippen molar-refractivity contribution in [2.75, 3.05) is 39.3 Å². The number of nitrogens with one attached hydrogen (secondary N) is 1. The molecule has 9 heteroatoms. The Hall–Kier alpha value is -3.20. The van der Waals surface area contributed by atoms with Crippen LogP contribution in [0.3, 0.4) is 0 Å². The van der Waals surface area contributed by atoms with Crippen molar-refractivity contribution in [1.29, 1.82) is 0 Å². The maximum atomic E-state index is 5.32. The van der Waals surface area contributed by atoms with Crippen molar-refractivity contribution in [3.05, 3.63) is 53.7 Å². The molecule has 1 N–H and O–H groups in total. The van der Waals surface area contributed by atoms with E-state index in [0.29, 0.717) is 5.89 Å². The molecule has 170 valence electrons. The summed E-state index contributed by atoms with van der Waals surface area (Å²) in [5.41, 5.74) is 3.16. The SMILES string of the molecule is CCNC(=NCCc1ccc(-c2nc(CC)no2)cc1)N1CCN(Cc2ccon2)CC1. The van der Waals surface area contributed by atoms with Gasteiger partial charge in [0.05, 0.1) is 5.69 Å². The van der Waals surface area contributed by atoms with Crippen LogP contribution in [0.4, 0.5) is 0 Å². The van der Waals surface area contributed by atoms with Crippen LogP contribution in [0.15, 0.2) is 50.6 Å². The Bertz CT molecular complexity index is 974. The number of hydrogen-bond acceptors (Lipinski definition) is 7. The van der Waals surface area contributed by atoms with Gasteiger partial charge in [-0.25, -0.2) is 0 Å². The van der Waals surface area contributed by atoms with Gasteiger partial charge in [-0.2, -0.15) is 4.98 Å². The largest absolute Gasteiger partial charge is 0.364 e. The fourth-order valence-electron chi connectivity index (χ4n) is 3.71. The van der Waals surface area contributed by atoms with Crippen LogP contribution in [0.2, 0.25) is 0 Å². The van der Waals surface area contributed by atoms with Crippen LogP contribution in [-0.2, 0) is 19.4 Å². The van der Waals surface area contributed by atoms with Gasteiger partial charge in [0.2, 0.25) is 0 Å². The standard InChI is InChI=1S/C23H31N7O2/c1-3-21-26-22(32-28-21)19-7-5-18(6-8-19)9-11-25-23(24-4-2)30-14-12-29(13-15-30)17-20-10-16-31-27-20/h5-8,10,16H,3-4,9,11-15,17H2,1-2H3,(H,24,25). The zero-order valence-electron chi connectivity index (χ0n) is 18.8. The zero-order chi connectivity index (χ0) is 22.2. The predicted molar refractivity (Wildman–Crippen MR) is 122 cm³/mol. The van der Waals surface area contributed by atoms with Crippen molar-refractivity contribution in [2.45, 2.75) is 33.2 Å². The minimum atomic E-state index is 0.573. The van der Waals surface area contributed by atoms with Crippen molar-refractivity contribution < 1.29 is 9.05 Å². The summed E-state index contributed by atoms with van der Waals surface area (Å²) >= 11 is 0. The van der Waals surface area contributed by atoms with E-state index >= 15 is 0 Å². The lowest BCUT2D eigenvalue weighted by Gasteiger charge is -2.36. The van der Waals surface area contributed by atoms with Gasteiger partial charge in [0, 0.05) is 63.9 Å². The molecule has 0 aliphatic carbocycles. The second kappa shape index (κ2) is 10.9. The van der Waals surface area contributed by atoms with Crippen molar-refractivity contribution in [3.8, 4) is 11.5 Å². The molecule has 1 saturated heterocycles. The van der Waals surface area contributed by atoms with Gasteiger partial charge in [0.25, 0.3) is 5.89 Å². The van der Waals surface area contributed by atoms with Gasteiger partial charge in [-0.15, -0.1) is 0 Å². The number of aryl methyl sites for hydroxylation is 1. The number of piperazine rings is 1. The van der Waals surface area contributed by atoms with E-state index in [1.165, 1.54) is 5.56 Å². The highest BCUT2D eigenvalue weighted by Crippen LogP contribution is 2.18. The normalized spacial score (nSPS) is 15.3. The van der Waals surface area contributed by atoms with Crippen LogP contribution < -0.4 is 5.32 Å². The molecule has 2 aromatic heterocycles. The second-order valence-corrected chi connectivity index (χ2v) is 7.81. The summed E-state index contributed by atoms with van der Waals surface area (Å²) in [5, 5.41) is 11.4. The van der Waals surface area contributed by atoms with Crippen molar-refractivity contribution in [1.82, 2.24) is 30.4 Å². The van der Waals surface area contributed by atoms with Gasteiger partial charge < -0.3 is 19.3 Å². The molecule has 0 atom stereocenters. The van der Waals surface area contributed by atoms with E-state index in [2.05, 4.69) is 49.5 Å². The molecule has 3 heterocycles. The maximum Gasteiger partial charge on any atom is 0.257 e. The summed E-state index contributed by atoms with van der Waals surface area (Å²) < 4.78 is 10.3. The summed E-state index contributed by atoms with van der Waals surface area (Å²) in [6.45, 7) is 10.4.